The van der Waals surface area contributed by atoms with E-state index in [1.54, 1.807) is 7.11 Å². The monoisotopic (exact) mass is 156 g/mol. The molecule has 1 fully saturated rings. The van der Waals surface area contributed by atoms with E-state index in [0.29, 0.717) is 5.92 Å². The van der Waals surface area contributed by atoms with Gasteiger partial charge in [-0.2, -0.15) is 0 Å². The van der Waals surface area contributed by atoms with Crippen LogP contribution in [0.2, 0.25) is 0 Å². The highest BCUT2D eigenvalue weighted by molar-refractivity contribution is 5.85. The summed E-state index contributed by atoms with van der Waals surface area (Å²) < 4.78 is 5.15. The number of Topliss-reactive ketones (excluding diaryl/α,β-unsaturated/α-hetero) is 1. The Kier molecular flexibility index (Phi) is 2.66. The summed E-state index contributed by atoms with van der Waals surface area (Å²) in [4.78, 5) is 11.4. The molecule has 1 unspecified atom stereocenters. The Hall–Kier alpha value is -0.370. The fraction of sp³-hybridized carbons (Fsp3) is 0.889. The fourth-order valence-corrected chi connectivity index (χ4v) is 1.27. The molecular formula is C9H16O2. The summed E-state index contributed by atoms with van der Waals surface area (Å²) in [6, 6.07) is 0. The topological polar surface area (TPSA) is 26.3 Å². The Morgan fingerprint density at radius 3 is 2.27 bits per heavy atom. The molecule has 1 atom stereocenters. The Morgan fingerprint density at radius 2 is 2.00 bits per heavy atom. The highest BCUT2D eigenvalue weighted by Crippen LogP contribution is 2.35. The minimum Gasteiger partial charge on any atom is -0.373 e. The first kappa shape index (κ1) is 8.72. The summed E-state index contributed by atoms with van der Waals surface area (Å²) in [5.74, 6) is 0.894. The molecule has 0 N–H and O–H groups in total. The minimum absolute atomic E-state index is 0.112. The maximum Gasteiger partial charge on any atom is 0.164 e. The lowest BCUT2D eigenvalue weighted by Gasteiger charge is -2.14. The standard InChI is InChI=1S/C9H16O2/c1-6(2)8(10)9(11-3)7-4-5-7/h6-7,9H,4-5H2,1-3H3. The summed E-state index contributed by atoms with van der Waals surface area (Å²) in [6.45, 7) is 3.85. The third-order valence-electron chi connectivity index (χ3n) is 2.15. The van der Waals surface area contributed by atoms with Crippen LogP contribution in [0.15, 0.2) is 0 Å². The zero-order valence-corrected chi connectivity index (χ0v) is 7.46. The van der Waals surface area contributed by atoms with Crippen LogP contribution in [0.4, 0.5) is 0 Å². The van der Waals surface area contributed by atoms with Gasteiger partial charge in [0.25, 0.3) is 0 Å². The van der Waals surface area contributed by atoms with Crippen molar-refractivity contribution in [1.29, 1.82) is 0 Å². The molecule has 0 spiro atoms. The molecule has 0 aromatic carbocycles. The second-order valence-corrected chi connectivity index (χ2v) is 3.55. The van der Waals surface area contributed by atoms with Crippen molar-refractivity contribution >= 4 is 5.78 Å². The number of hydrogen-bond acceptors (Lipinski definition) is 2. The smallest absolute Gasteiger partial charge is 0.164 e. The Bertz CT molecular complexity index is 148. The van der Waals surface area contributed by atoms with E-state index in [4.69, 9.17) is 4.74 Å². The Morgan fingerprint density at radius 1 is 1.45 bits per heavy atom. The average Bonchev–Trinajstić information content (AvgIpc) is 2.72. The second-order valence-electron chi connectivity index (χ2n) is 3.55. The van der Waals surface area contributed by atoms with E-state index in [2.05, 4.69) is 0 Å². The van der Waals surface area contributed by atoms with Crippen LogP contribution in [-0.4, -0.2) is 19.0 Å². The quantitative estimate of drug-likeness (QED) is 0.618. The van der Waals surface area contributed by atoms with Crippen molar-refractivity contribution in [2.75, 3.05) is 7.11 Å². The van der Waals surface area contributed by atoms with Crippen LogP contribution in [0.3, 0.4) is 0 Å². The van der Waals surface area contributed by atoms with Crippen LogP contribution in [0, 0.1) is 11.8 Å². The Balaban J connectivity index is 2.46. The third kappa shape index (κ3) is 2.03. The van der Waals surface area contributed by atoms with Crippen LogP contribution in [-0.2, 0) is 9.53 Å². The molecule has 0 bridgehead atoms. The lowest BCUT2D eigenvalue weighted by Crippen LogP contribution is -2.28. The summed E-state index contributed by atoms with van der Waals surface area (Å²) in [7, 11) is 1.63. The molecule has 0 aromatic heterocycles. The molecule has 2 heteroatoms. The van der Waals surface area contributed by atoms with Gasteiger partial charge in [0.1, 0.15) is 6.10 Å². The van der Waals surface area contributed by atoms with Gasteiger partial charge in [-0.25, -0.2) is 0 Å². The third-order valence-corrected chi connectivity index (χ3v) is 2.15. The van der Waals surface area contributed by atoms with Gasteiger partial charge >= 0.3 is 0 Å². The molecule has 0 heterocycles. The molecule has 1 aliphatic rings. The molecular weight excluding hydrogens is 140 g/mol. The van der Waals surface area contributed by atoms with E-state index in [0.717, 1.165) is 12.8 Å². The van der Waals surface area contributed by atoms with Crippen LogP contribution in [0.5, 0.6) is 0 Å². The first-order valence-corrected chi connectivity index (χ1v) is 4.23. The summed E-state index contributed by atoms with van der Waals surface area (Å²) >= 11 is 0. The summed E-state index contributed by atoms with van der Waals surface area (Å²) in [5, 5.41) is 0. The molecule has 11 heavy (non-hydrogen) atoms. The van der Waals surface area contributed by atoms with E-state index in [1.165, 1.54) is 0 Å². The first-order chi connectivity index (χ1) is 5.16. The molecule has 1 saturated carbocycles. The number of hydrogen-bond donors (Lipinski definition) is 0. The molecule has 1 aliphatic carbocycles. The average molecular weight is 156 g/mol. The van der Waals surface area contributed by atoms with Gasteiger partial charge in [-0.1, -0.05) is 13.8 Å². The molecule has 0 aliphatic heterocycles. The number of methoxy groups -OCH3 is 1. The van der Waals surface area contributed by atoms with Crippen LogP contribution in [0.25, 0.3) is 0 Å². The highest BCUT2D eigenvalue weighted by Gasteiger charge is 2.36. The highest BCUT2D eigenvalue weighted by atomic mass is 16.5. The summed E-state index contributed by atoms with van der Waals surface area (Å²) in [5.41, 5.74) is 0. The van der Waals surface area contributed by atoms with Crippen molar-refractivity contribution in [3.63, 3.8) is 0 Å². The van der Waals surface area contributed by atoms with E-state index in [-0.39, 0.29) is 17.8 Å². The number of ether oxygens (including phenoxy) is 1. The van der Waals surface area contributed by atoms with Crippen molar-refractivity contribution < 1.29 is 9.53 Å². The lowest BCUT2D eigenvalue weighted by atomic mass is 10.0. The van der Waals surface area contributed by atoms with E-state index in [1.807, 2.05) is 13.8 Å². The Labute approximate surface area is 67.9 Å². The molecule has 64 valence electrons. The van der Waals surface area contributed by atoms with Gasteiger partial charge in [-0.05, 0) is 18.8 Å². The molecule has 0 radical (unpaired) electrons. The second kappa shape index (κ2) is 3.35. The fourth-order valence-electron chi connectivity index (χ4n) is 1.27. The van der Waals surface area contributed by atoms with Crippen molar-refractivity contribution in [2.45, 2.75) is 32.8 Å². The molecule has 0 saturated heterocycles. The maximum atomic E-state index is 11.4. The van der Waals surface area contributed by atoms with E-state index < -0.39 is 0 Å². The van der Waals surface area contributed by atoms with Crippen molar-refractivity contribution in [3.8, 4) is 0 Å². The zero-order chi connectivity index (χ0) is 8.43. The van der Waals surface area contributed by atoms with E-state index >= 15 is 0 Å². The number of carbonyl (C=O) groups is 1. The number of carbonyl (C=O) groups excluding carboxylic acids is 1. The molecule has 0 amide bonds. The number of rotatable bonds is 4. The largest absolute Gasteiger partial charge is 0.373 e. The molecule has 1 rings (SSSR count). The lowest BCUT2D eigenvalue weighted by molar-refractivity contribution is -0.133. The molecule has 0 aromatic rings. The predicted molar refractivity (Wildman–Crippen MR) is 43.4 cm³/mol. The van der Waals surface area contributed by atoms with Crippen molar-refractivity contribution in [1.82, 2.24) is 0 Å². The van der Waals surface area contributed by atoms with Gasteiger partial charge in [0.05, 0.1) is 0 Å². The normalized spacial score (nSPS) is 20.4. The van der Waals surface area contributed by atoms with Gasteiger partial charge in [0.2, 0.25) is 0 Å². The first-order valence-electron chi connectivity index (χ1n) is 4.23. The van der Waals surface area contributed by atoms with Crippen LogP contribution in [0.1, 0.15) is 26.7 Å². The predicted octanol–water partition coefficient (Wildman–Crippen LogP) is 1.64. The van der Waals surface area contributed by atoms with Crippen LogP contribution >= 0.6 is 0 Å². The van der Waals surface area contributed by atoms with Crippen LogP contribution < -0.4 is 0 Å². The molecule has 2 nitrogen and oxygen atoms in total. The van der Waals surface area contributed by atoms with Gasteiger partial charge in [-0.3, -0.25) is 4.79 Å². The van der Waals surface area contributed by atoms with Gasteiger partial charge in [-0.15, -0.1) is 0 Å². The maximum absolute atomic E-state index is 11.4. The van der Waals surface area contributed by atoms with Gasteiger partial charge < -0.3 is 4.74 Å². The van der Waals surface area contributed by atoms with Crippen molar-refractivity contribution in [2.24, 2.45) is 11.8 Å². The van der Waals surface area contributed by atoms with E-state index in [9.17, 15) is 4.79 Å². The minimum atomic E-state index is -0.116. The summed E-state index contributed by atoms with van der Waals surface area (Å²) in [6.07, 6.45) is 2.21. The van der Waals surface area contributed by atoms with Gasteiger partial charge in [0, 0.05) is 13.0 Å². The number of ketones is 1. The zero-order valence-electron chi connectivity index (χ0n) is 7.46. The SMILES string of the molecule is COC(C(=O)C(C)C)C1CC1. The van der Waals surface area contributed by atoms with Gasteiger partial charge in [0.15, 0.2) is 5.78 Å². The van der Waals surface area contributed by atoms with Crippen molar-refractivity contribution in [3.05, 3.63) is 0 Å².